The van der Waals surface area contributed by atoms with Crippen molar-refractivity contribution >= 4 is 17.0 Å². The third-order valence-electron chi connectivity index (χ3n) is 3.05. The second-order valence-electron chi connectivity index (χ2n) is 4.56. The molecule has 2 heterocycles. The Morgan fingerprint density at radius 1 is 1.37 bits per heavy atom. The summed E-state index contributed by atoms with van der Waals surface area (Å²) in [7, 11) is 2.06. The normalized spacial score (nSPS) is 12.4. The van der Waals surface area contributed by atoms with Gasteiger partial charge in [-0.1, -0.05) is 6.92 Å². The molecule has 1 atom stereocenters. The number of hydrogen-bond acceptors (Lipinski definition) is 5. The zero-order chi connectivity index (χ0) is 13.7. The van der Waals surface area contributed by atoms with Crippen LogP contribution in [0.2, 0.25) is 0 Å². The molecule has 2 aromatic rings. The van der Waals surface area contributed by atoms with E-state index in [0.29, 0.717) is 6.04 Å². The summed E-state index contributed by atoms with van der Waals surface area (Å²) in [4.78, 5) is 11.0. The van der Waals surface area contributed by atoms with Crippen LogP contribution >= 0.6 is 11.3 Å². The molecule has 0 aliphatic carbocycles. The Labute approximate surface area is 118 Å². The van der Waals surface area contributed by atoms with Gasteiger partial charge in [-0.3, -0.25) is 4.98 Å². The molecular weight excluding hydrogens is 256 g/mol. The Balaban J connectivity index is 2.01. The maximum absolute atomic E-state index is 4.53. The van der Waals surface area contributed by atoms with Crippen molar-refractivity contribution in [3.8, 4) is 0 Å². The van der Waals surface area contributed by atoms with Crippen LogP contribution in [0.3, 0.4) is 0 Å². The first-order chi connectivity index (χ1) is 9.20. The first-order valence-electron chi connectivity index (χ1n) is 6.48. The van der Waals surface area contributed by atoms with Gasteiger partial charge >= 0.3 is 0 Å². The summed E-state index contributed by atoms with van der Waals surface area (Å²) in [6, 6.07) is 4.49. The van der Waals surface area contributed by atoms with Crippen molar-refractivity contribution in [1.82, 2.24) is 15.3 Å². The molecule has 0 aliphatic rings. The van der Waals surface area contributed by atoms with Gasteiger partial charge in [0.05, 0.1) is 35.3 Å². The first kappa shape index (κ1) is 14.0. The van der Waals surface area contributed by atoms with Crippen LogP contribution in [0.4, 0.5) is 5.69 Å². The van der Waals surface area contributed by atoms with Gasteiger partial charge in [-0.25, -0.2) is 4.98 Å². The van der Waals surface area contributed by atoms with Crippen LogP contribution in [-0.4, -0.2) is 23.6 Å². The highest BCUT2D eigenvalue weighted by Crippen LogP contribution is 2.17. The Kier molecular flexibility index (Phi) is 4.87. The van der Waals surface area contributed by atoms with Crippen LogP contribution in [0, 0.1) is 0 Å². The number of hydrogen-bond donors (Lipinski definition) is 1. The van der Waals surface area contributed by atoms with Crippen molar-refractivity contribution < 1.29 is 0 Å². The van der Waals surface area contributed by atoms with E-state index in [1.807, 2.05) is 11.7 Å². The van der Waals surface area contributed by atoms with Crippen molar-refractivity contribution in [3.05, 3.63) is 40.6 Å². The molecule has 0 saturated heterocycles. The van der Waals surface area contributed by atoms with Gasteiger partial charge < -0.3 is 10.2 Å². The van der Waals surface area contributed by atoms with Gasteiger partial charge in [0.25, 0.3) is 0 Å². The average Bonchev–Trinajstić information content (AvgIpc) is 2.92. The number of rotatable bonds is 6. The second kappa shape index (κ2) is 6.63. The number of pyridine rings is 1. The minimum absolute atomic E-state index is 0.294. The Bertz CT molecular complexity index is 481. The molecule has 19 heavy (non-hydrogen) atoms. The summed E-state index contributed by atoms with van der Waals surface area (Å²) < 4.78 is 0. The van der Waals surface area contributed by atoms with Crippen molar-refractivity contribution in [3.63, 3.8) is 0 Å². The summed E-state index contributed by atoms with van der Waals surface area (Å²) in [6.07, 6.45) is 1.93. The van der Waals surface area contributed by atoms with Gasteiger partial charge in [-0.05, 0) is 25.6 Å². The van der Waals surface area contributed by atoms with Crippen molar-refractivity contribution in [2.24, 2.45) is 0 Å². The zero-order valence-corrected chi connectivity index (χ0v) is 12.4. The van der Waals surface area contributed by atoms with Crippen LogP contribution < -0.4 is 10.2 Å². The third-order valence-corrected chi connectivity index (χ3v) is 3.68. The smallest absolute Gasteiger partial charge is 0.0795 e. The molecule has 5 heteroatoms. The number of aromatic nitrogens is 2. The maximum Gasteiger partial charge on any atom is 0.0795 e. The fourth-order valence-corrected chi connectivity index (χ4v) is 2.49. The van der Waals surface area contributed by atoms with Gasteiger partial charge in [0, 0.05) is 18.5 Å². The lowest BCUT2D eigenvalue weighted by Crippen LogP contribution is -2.20. The van der Waals surface area contributed by atoms with E-state index in [2.05, 4.69) is 58.6 Å². The molecule has 0 spiro atoms. The zero-order valence-electron chi connectivity index (χ0n) is 11.6. The molecule has 102 valence electrons. The third kappa shape index (κ3) is 3.75. The SMILES string of the molecule is CCNC(C)c1ccc(N(C)Cc2cscn2)cn1. The van der Waals surface area contributed by atoms with Gasteiger partial charge in [-0.2, -0.15) is 0 Å². The van der Waals surface area contributed by atoms with Crippen LogP contribution in [0.25, 0.3) is 0 Å². The van der Waals surface area contributed by atoms with E-state index in [1.54, 1.807) is 11.3 Å². The molecule has 0 bridgehead atoms. The van der Waals surface area contributed by atoms with Crippen molar-refractivity contribution in [2.75, 3.05) is 18.5 Å². The van der Waals surface area contributed by atoms with E-state index in [0.717, 1.165) is 30.2 Å². The molecular formula is C14H20N4S. The fourth-order valence-electron chi connectivity index (χ4n) is 1.94. The molecule has 4 nitrogen and oxygen atoms in total. The molecule has 0 amide bonds. The van der Waals surface area contributed by atoms with Crippen LogP contribution in [-0.2, 0) is 6.54 Å². The van der Waals surface area contributed by atoms with Gasteiger partial charge in [0.15, 0.2) is 0 Å². The van der Waals surface area contributed by atoms with Crippen LogP contribution in [0.15, 0.2) is 29.2 Å². The summed E-state index contributed by atoms with van der Waals surface area (Å²) in [5.74, 6) is 0. The first-order valence-corrected chi connectivity index (χ1v) is 7.42. The predicted octanol–water partition coefficient (Wildman–Crippen LogP) is 2.85. The highest BCUT2D eigenvalue weighted by Gasteiger charge is 2.07. The fraction of sp³-hybridized carbons (Fsp3) is 0.429. The summed E-state index contributed by atoms with van der Waals surface area (Å²) >= 11 is 1.63. The maximum atomic E-state index is 4.53. The second-order valence-corrected chi connectivity index (χ2v) is 5.28. The largest absolute Gasteiger partial charge is 0.367 e. The van der Waals surface area contributed by atoms with E-state index in [9.17, 15) is 0 Å². The van der Waals surface area contributed by atoms with Crippen molar-refractivity contribution in [1.29, 1.82) is 0 Å². The monoisotopic (exact) mass is 276 g/mol. The summed E-state index contributed by atoms with van der Waals surface area (Å²) in [5.41, 5.74) is 5.15. The highest BCUT2D eigenvalue weighted by molar-refractivity contribution is 7.07. The number of anilines is 1. The van der Waals surface area contributed by atoms with Crippen molar-refractivity contribution in [2.45, 2.75) is 26.4 Å². The number of nitrogens with zero attached hydrogens (tertiary/aromatic N) is 3. The van der Waals surface area contributed by atoms with E-state index in [1.165, 1.54) is 0 Å². The lowest BCUT2D eigenvalue weighted by atomic mass is 10.2. The molecule has 0 aliphatic heterocycles. The summed E-state index contributed by atoms with van der Waals surface area (Å²) in [6.45, 7) is 6.00. The van der Waals surface area contributed by atoms with E-state index in [-0.39, 0.29) is 0 Å². The van der Waals surface area contributed by atoms with E-state index >= 15 is 0 Å². The Morgan fingerprint density at radius 3 is 2.79 bits per heavy atom. The van der Waals surface area contributed by atoms with Gasteiger partial charge in [0.2, 0.25) is 0 Å². The molecule has 0 radical (unpaired) electrons. The van der Waals surface area contributed by atoms with Gasteiger partial charge in [-0.15, -0.1) is 11.3 Å². The minimum atomic E-state index is 0.294. The highest BCUT2D eigenvalue weighted by atomic mass is 32.1. The molecule has 1 unspecified atom stereocenters. The number of nitrogens with one attached hydrogen (secondary N) is 1. The average molecular weight is 276 g/mol. The lowest BCUT2D eigenvalue weighted by Gasteiger charge is -2.19. The molecule has 0 fully saturated rings. The van der Waals surface area contributed by atoms with Crippen LogP contribution in [0.5, 0.6) is 0 Å². The minimum Gasteiger partial charge on any atom is -0.367 e. The Hall–Kier alpha value is -1.46. The quantitative estimate of drug-likeness (QED) is 0.881. The number of thiazole rings is 1. The van der Waals surface area contributed by atoms with E-state index < -0.39 is 0 Å². The van der Waals surface area contributed by atoms with Crippen LogP contribution in [0.1, 0.15) is 31.3 Å². The van der Waals surface area contributed by atoms with E-state index in [4.69, 9.17) is 0 Å². The predicted molar refractivity (Wildman–Crippen MR) is 80.5 cm³/mol. The molecule has 0 aromatic carbocycles. The lowest BCUT2D eigenvalue weighted by molar-refractivity contribution is 0.583. The molecule has 0 saturated carbocycles. The topological polar surface area (TPSA) is 41.0 Å². The molecule has 2 rings (SSSR count). The van der Waals surface area contributed by atoms with Gasteiger partial charge in [0.1, 0.15) is 0 Å². The summed E-state index contributed by atoms with van der Waals surface area (Å²) in [5, 5.41) is 5.44. The molecule has 2 aromatic heterocycles. The standard InChI is InChI=1S/C14H20N4S/c1-4-15-11(2)14-6-5-13(7-16-14)18(3)8-12-9-19-10-17-12/h5-7,9-11,15H,4,8H2,1-3H3. The Morgan fingerprint density at radius 2 is 2.21 bits per heavy atom. The molecule has 1 N–H and O–H groups in total.